The van der Waals surface area contributed by atoms with Gasteiger partial charge in [0.1, 0.15) is 11.5 Å². The van der Waals surface area contributed by atoms with Crippen molar-refractivity contribution in [2.45, 2.75) is 25.8 Å². The molecular formula is C22H27N5O4. The summed E-state index contributed by atoms with van der Waals surface area (Å²) in [5.74, 6) is 1.41. The Morgan fingerprint density at radius 2 is 2.03 bits per heavy atom. The van der Waals surface area contributed by atoms with Crippen molar-refractivity contribution in [3.8, 4) is 11.5 Å². The number of nitrogens with zero attached hydrogens (tertiary/aromatic N) is 4. The minimum absolute atomic E-state index is 0.125. The van der Waals surface area contributed by atoms with Gasteiger partial charge in [0.2, 0.25) is 5.91 Å². The van der Waals surface area contributed by atoms with Crippen molar-refractivity contribution in [3.05, 3.63) is 41.9 Å². The van der Waals surface area contributed by atoms with Crippen LogP contribution < -0.4 is 20.1 Å². The van der Waals surface area contributed by atoms with Crippen molar-refractivity contribution >= 4 is 17.6 Å². The van der Waals surface area contributed by atoms with Crippen molar-refractivity contribution < 1.29 is 19.1 Å². The molecule has 9 heteroatoms. The summed E-state index contributed by atoms with van der Waals surface area (Å²) in [4.78, 5) is 37.4. The van der Waals surface area contributed by atoms with Crippen LogP contribution in [0.3, 0.4) is 0 Å². The van der Waals surface area contributed by atoms with E-state index in [0.717, 1.165) is 24.8 Å². The number of benzene rings is 1. The fourth-order valence-electron chi connectivity index (χ4n) is 4.66. The van der Waals surface area contributed by atoms with Crippen molar-refractivity contribution in [3.63, 3.8) is 0 Å². The summed E-state index contributed by atoms with van der Waals surface area (Å²) >= 11 is 0. The Labute approximate surface area is 181 Å². The smallest absolute Gasteiger partial charge is 0.268 e. The van der Waals surface area contributed by atoms with Gasteiger partial charge in [0.05, 0.1) is 32.0 Å². The average Bonchev–Trinajstić information content (AvgIpc) is 3.22. The third-order valence-electron chi connectivity index (χ3n) is 6.22. The van der Waals surface area contributed by atoms with E-state index in [1.165, 1.54) is 6.20 Å². The summed E-state index contributed by atoms with van der Waals surface area (Å²) in [5.41, 5.74) is 5.92. The highest BCUT2D eigenvalue weighted by atomic mass is 16.5. The van der Waals surface area contributed by atoms with E-state index in [1.54, 1.807) is 20.4 Å². The quantitative estimate of drug-likeness (QED) is 0.748. The van der Waals surface area contributed by atoms with Crippen molar-refractivity contribution in [1.29, 1.82) is 0 Å². The number of para-hydroxylation sites is 1. The highest BCUT2D eigenvalue weighted by molar-refractivity contribution is 5.90. The predicted octanol–water partition coefficient (Wildman–Crippen LogP) is 1.61. The van der Waals surface area contributed by atoms with Gasteiger partial charge >= 0.3 is 0 Å². The van der Waals surface area contributed by atoms with Gasteiger partial charge in [-0.05, 0) is 25.3 Å². The number of ether oxygens (including phenoxy) is 2. The average molecular weight is 425 g/mol. The first-order valence-electron chi connectivity index (χ1n) is 10.3. The van der Waals surface area contributed by atoms with Gasteiger partial charge in [-0.2, -0.15) is 0 Å². The molecule has 2 fully saturated rings. The Hall–Kier alpha value is -3.36. The first-order chi connectivity index (χ1) is 15.0. The van der Waals surface area contributed by atoms with E-state index in [2.05, 4.69) is 9.97 Å². The molecule has 1 atom stereocenters. The molecule has 0 saturated carbocycles. The maximum absolute atomic E-state index is 13.6. The number of amides is 2. The Morgan fingerprint density at radius 1 is 1.19 bits per heavy atom. The Bertz CT molecular complexity index is 998. The summed E-state index contributed by atoms with van der Waals surface area (Å²) in [5, 5.41) is 0. The molecule has 0 aliphatic carbocycles. The lowest BCUT2D eigenvalue weighted by Gasteiger charge is -2.39. The number of anilines is 1. The van der Waals surface area contributed by atoms with E-state index < -0.39 is 11.3 Å². The SMILES string of the molecule is COc1cccc(CN2CCCC3(CCN(c4cncc(C(N)=O)n4)C3)C2=O)c1OC. The van der Waals surface area contributed by atoms with Crippen LogP contribution in [0.2, 0.25) is 0 Å². The van der Waals surface area contributed by atoms with Gasteiger partial charge in [-0.25, -0.2) is 4.98 Å². The molecule has 0 bridgehead atoms. The van der Waals surface area contributed by atoms with Crippen LogP contribution in [0.4, 0.5) is 5.82 Å². The minimum atomic E-state index is -0.615. The number of carbonyl (C=O) groups excluding carboxylic acids is 2. The van der Waals surface area contributed by atoms with Crippen molar-refractivity contribution in [2.75, 3.05) is 38.8 Å². The summed E-state index contributed by atoms with van der Waals surface area (Å²) in [6.45, 7) is 2.41. The molecule has 2 saturated heterocycles. The largest absolute Gasteiger partial charge is 0.493 e. The monoisotopic (exact) mass is 425 g/mol. The third-order valence-corrected chi connectivity index (χ3v) is 6.22. The lowest BCUT2D eigenvalue weighted by molar-refractivity contribution is -0.145. The van der Waals surface area contributed by atoms with Gasteiger partial charge < -0.3 is 25.0 Å². The zero-order valence-electron chi connectivity index (χ0n) is 17.8. The molecule has 3 heterocycles. The second kappa shape index (κ2) is 8.41. The van der Waals surface area contributed by atoms with E-state index in [1.807, 2.05) is 28.0 Å². The van der Waals surface area contributed by atoms with Crippen LogP contribution in [0.25, 0.3) is 0 Å². The number of carbonyl (C=O) groups is 2. The number of piperidine rings is 1. The summed E-state index contributed by atoms with van der Waals surface area (Å²) < 4.78 is 10.9. The first-order valence-corrected chi connectivity index (χ1v) is 10.3. The van der Waals surface area contributed by atoms with Gasteiger partial charge in [-0.15, -0.1) is 0 Å². The van der Waals surface area contributed by atoms with E-state index in [-0.39, 0.29) is 11.6 Å². The molecule has 164 valence electrons. The fourth-order valence-corrected chi connectivity index (χ4v) is 4.66. The van der Waals surface area contributed by atoms with Crippen LogP contribution in [-0.4, -0.2) is 60.5 Å². The Kier molecular flexibility index (Phi) is 5.67. The van der Waals surface area contributed by atoms with Crippen molar-refractivity contribution in [2.24, 2.45) is 11.1 Å². The van der Waals surface area contributed by atoms with Crippen LogP contribution >= 0.6 is 0 Å². The van der Waals surface area contributed by atoms with Gasteiger partial charge in [-0.3, -0.25) is 14.6 Å². The van der Waals surface area contributed by atoms with Crippen molar-refractivity contribution in [1.82, 2.24) is 14.9 Å². The molecule has 9 nitrogen and oxygen atoms in total. The number of hydrogen-bond donors (Lipinski definition) is 1. The Balaban J connectivity index is 1.53. The first kappa shape index (κ1) is 20.9. The molecule has 1 unspecified atom stereocenters. The molecule has 2 amide bonds. The zero-order chi connectivity index (χ0) is 22.0. The van der Waals surface area contributed by atoms with Crippen LogP contribution in [0.1, 0.15) is 35.3 Å². The Morgan fingerprint density at radius 3 is 2.77 bits per heavy atom. The highest BCUT2D eigenvalue weighted by Crippen LogP contribution is 2.42. The van der Waals surface area contributed by atoms with E-state index >= 15 is 0 Å². The van der Waals surface area contributed by atoms with Gasteiger partial charge in [-0.1, -0.05) is 12.1 Å². The maximum Gasteiger partial charge on any atom is 0.268 e. The molecule has 2 N–H and O–H groups in total. The van der Waals surface area contributed by atoms with E-state index in [9.17, 15) is 9.59 Å². The normalized spacial score (nSPS) is 20.9. The van der Waals surface area contributed by atoms with Crippen LogP contribution in [0.5, 0.6) is 11.5 Å². The molecule has 2 aliphatic rings. The zero-order valence-corrected chi connectivity index (χ0v) is 17.8. The molecule has 2 aromatic rings. The van der Waals surface area contributed by atoms with E-state index in [0.29, 0.717) is 43.5 Å². The summed E-state index contributed by atoms with van der Waals surface area (Å²) in [6, 6.07) is 5.71. The highest BCUT2D eigenvalue weighted by Gasteiger charge is 2.48. The van der Waals surface area contributed by atoms with Crippen LogP contribution in [-0.2, 0) is 11.3 Å². The minimum Gasteiger partial charge on any atom is -0.493 e. The lowest BCUT2D eigenvalue weighted by Crippen LogP contribution is -2.49. The molecule has 31 heavy (non-hydrogen) atoms. The molecule has 4 rings (SSSR count). The molecular weight excluding hydrogens is 398 g/mol. The summed E-state index contributed by atoms with van der Waals surface area (Å²) in [7, 11) is 3.21. The molecule has 1 spiro atoms. The fraction of sp³-hybridized carbons (Fsp3) is 0.455. The molecule has 2 aliphatic heterocycles. The molecule has 1 aromatic carbocycles. The molecule has 0 radical (unpaired) electrons. The number of aromatic nitrogens is 2. The number of rotatable bonds is 6. The number of nitrogens with two attached hydrogens (primary N) is 1. The number of primary amides is 1. The topological polar surface area (TPSA) is 111 Å². The second-order valence-electron chi connectivity index (χ2n) is 8.06. The third kappa shape index (κ3) is 3.87. The van der Waals surface area contributed by atoms with Gasteiger partial charge in [0, 0.05) is 31.7 Å². The predicted molar refractivity (Wildman–Crippen MR) is 114 cm³/mol. The number of hydrogen-bond acceptors (Lipinski definition) is 7. The number of likely N-dealkylation sites (tertiary alicyclic amines) is 1. The van der Waals surface area contributed by atoms with Crippen LogP contribution in [0.15, 0.2) is 30.6 Å². The summed E-state index contributed by atoms with van der Waals surface area (Å²) in [6.07, 6.45) is 5.46. The molecule has 1 aromatic heterocycles. The van der Waals surface area contributed by atoms with E-state index in [4.69, 9.17) is 15.2 Å². The number of methoxy groups -OCH3 is 2. The second-order valence-corrected chi connectivity index (χ2v) is 8.06. The standard InChI is InChI=1S/C22H27N5O4/c1-30-17-6-3-5-15(19(17)31-2)13-26-9-4-7-22(21(26)29)8-10-27(14-22)18-12-24-11-16(25-18)20(23)28/h3,5-6,11-12H,4,7-10,13-14H2,1-2H3,(H2,23,28). The maximum atomic E-state index is 13.6. The van der Waals surface area contributed by atoms with Gasteiger partial charge in [0.25, 0.3) is 5.91 Å². The lowest BCUT2D eigenvalue weighted by atomic mass is 9.78. The van der Waals surface area contributed by atoms with Crippen LogP contribution in [0, 0.1) is 5.41 Å². The van der Waals surface area contributed by atoms with Gasteiger partial charge in [0.15, 0.2) is 11.5 Å².